The van der Waals surface area contributed by atoms with Crippen molar-refractivity contribution in [2.75, 3.05) is 12.4 Å². The van der Waals surface area contributed by atoms with Gasteiger partial charge < -0.3 is 15.4 Å². The Morgan fingerprint density at radius 2 is 1.74 bits per heavy atom. The molecule has 0 aliphatic rings. The van der Waals surface area contributed by atoms with E-state index >= 15 is 0 Å². The van der Waals surface area contributed by atoms with Crippen LogP contribution in [0.4, 0.5) is 11.5 Å². The Morgan fingerprint density at radius 3 is 2.48 bits per heavy atom. The zero-order valence-electron chi connectivity index (χ0n) is 17.9. The predicted octanol–water partition coefficient (Wildman–Crippen LogP) is 5.53. The fraction of sp³-hybridized carbons (Fsp3) is 0.154. The van der Waals surface area contributed by atoms with Crippen molar-refractivity contribution >= 4 is 28.3 Å². The largest absolute Gasteiger partial charge is 0.497 e. The molecule has 1 heterocycles. The van der Waals surface area contributed by atoms with Crippen molar-refractivity contribution in [1.29, 1.82) is 0 Å². The monoisotopic (exact) mass is 411 g/mol. The number of anilines is 2. The van der Waals surface area contributed by atoms with Gasteiger partial charge in [0.25, 0.3) is 5.91 Å². The molecule has 4 rings (SSSR count). The number of nitrogens with zero attached hydrogens (tertiary/aromatic N) is 1. The summed E-state index contributed by atoms with van der Waals surface area (Å²) in [6, 6.07) is 23.4. The summed E-state index contributed by atoms with van der Waals surface area (Å²) >= 11 is 0. The average Bonchev–Trinajstić information content (AvgIpc) is 2.79. The van der Waals surface area contributed by atoms with Gasteiger partial charge in [-0.2, -0.15) is 0 Å². The maximum Gasteiger partial charge on any atom is 0.252 e. The Labute approximate surface area is 182 Å². The summed E-state index contributed by atoms with van der Waals surface area (Å²) in [5.74, 6) is 1.29. The molecule has 0 aliphatic carbocycles. The van der Waals surface area contributed by atoms with E-state index in [0.717, 1.165) is 33.5 Å². The van der Waals surface area contributed by atoms with Gasteiger partial charge in [0.05, 0.1) is 18.2 Å². The lowest BCUT2D eigenvalue weighted by Crippen LogP contribution is -2.23. The summed E-state index contributed by atoms with van der Waals surface area (Å²) in [6.07, 6.45) is 0. The van der Waals surface area contributed by atoms with Gasteiger partial charge in [0, 0.05) is 17.6 Å². The van der Waals surface area contributed by atoms with Crippen LogP contribution in [0, 0.1) is 13.8 Å². The maximum atomic E-state index is 13.1. The first-order valence-electron chi connectivity index (χ1n) is 10.2. The normalized spacial score (nSPS) is 10.7. The summed E-state index contributed by atoms with van der Waals surface area (Å²) in [7, 11) is 1.63. The molecule has 31 heavy (non-hydrogen) atoms. The Bertz CT molecular complexity index is 1230. The zero-order chi connectivity index (χ0) is 21.8. The number of fused-ring (bicyclic) bond motifs is 1. The van der Waals surface area contributed by atoms with Crippen molar-refractivity contribution in [1.82, 2.24) is 10.3 Å². The van der Waals surface area contributed by atoms with Crippen LogP contribution >= 0.6 is 0 Å². The second kappa shape index (κ2) is 8.88. The smallest absolute Gasteiger partial charge is 0.252 e. The maximum absolute atomic E-state index is 13.1. The SMILES string of the molecule is COc1ccc(CNC(=O)c2cc(Nc3ccc(C)cc3C)nc3ccccc23)cc1. The fourth-order valence-corrected chi connectivity index (χ4v) is 3.54. The van der Waals surface area contributed by atoms with E-state index in [1.807, 2.05) is 60.7 Å². The molecule has 5 nitrogen and oxygen atoms in total. The van der Waals surface area contributed by atoms with Gasteiger partial charge in [-0.05, 0) is 55.3 Å². The number of pyridine rings is 1. The zero-order valence-corrected chi connectivity index (χ0v) is 17.9. The first-order chi connectivity index (χ1) is 15.0. The van der Waals surface area contributed by atoms with Crippen LogP contribution in [0.25, 0.3) is 10.9 Å². The highest BCUT2D eigenvalue weighted by atomic mass is 16.5. The van der Waals surface area contributed by atoms with Crippen molar-refractivity contribution in [3.05, 3.63) is 95.1 Å². The minimum atomic E-state index is -0.141. The number of methoxy groups -OCH3 is 1. The molecule has 3 aromatic carbocycles. The van der Waals surface area contributed by atoms with Gasteiger partial charge in [-0.25, -0.2) is 4.98 Å². The number of benzene rings is 3. The van der Waals surface area contributed by atoms with Crippen molar-refractivity contribution in [2.45, 2.75) is 20.4 Å². The Balaban J connectivity index is 1.61. The molecular weight excluding hydrogens is 386 g/mol. The number of rotatable bonds is 6. The number of hydrogen-bond acceptors (Lipinski definition) is 4. The molecule has 0 aliphatic heterocycles. The van der Waals surface area contributed by atoms with Crippen molar-refractivity contribution < 1.29 is 9.53 Å². The lowest BCUT2D eigenvalue weighted by atomic mass is 10.1. The fourth-order valence-electron chi connectivity index (χ4n) is 3.54. The van der Waals surface area contributed by atoms with Gasteiger partial charge in [0.1, 0.15) is 11.6 Å². The molecule has 2 N–H and O–H groups in total. The van der Waals surface area contributed by atoms with Gasteiger partial charge >= 0.3 is 0 Å². The standard InChI is InChI=1S/C26H25N3O2/c1-17-8-13-23(18(2)14-17)28-25-15-22(21-6-4-5-7-24(21)29-25)26(30)27-16-19-9-11-20(31-3)12-10-19/h4-15H,16H2,1-3H3,(H,27,30)(H,28,29). The van der Waals surface area contributed by atoms with E-state index in [-0.39, 0.29) is 5.91 Å². The quantitative estimate of drug-likeness (QED) is 0.438. The van der Waals surface area contributed by atoms with Crippen molar-refractivity contribution in [3.63, 3.8) is 0 Å². The van der Waals surface area contributed by atoms with E-state index in [1.165, 1.54) is 5.56 Å². The molecule has 0 saturated carbocycles. The number of nitrogens with one attached hydrogen (secondary N) is 2. The van der Waals surface area contributed by atoms with Gasteiger partial charge in [-0.1, -0.05) is 48.0 Å². The molecule has 0 spiro atoms. The number of para-hydroxylation sites is 1. The summed E-state index contributed by atoms with van der Waals surface area (Å²) in [4.78, 5) is 17.8. The molecule has 4 aromatic rings. The van der Waals surface area contributed by atoms with Crippen LogP contribution in [0.3, 0.4) is 0 Å². The van der Waals surface area contributed by atoms with Crippen LogP contribution < -0.4 is 15.4 Å². The number of hydrogen-bond donors (Lipinski definition) is 2. The number of carbonyl (C=O) groups excluding carboxylic acids is 1. The number of aryl methyl sites for hydroxylation is 2. The van der Waals surface area contributed by atoms with Crippen LogP contribution in [0.1, 0.15) is 27.0 Å². The third kappa shape index (κ3) is 4.67. The number of amides is 1. The number of carbonyl (C=O) groups is 1. The first-order valence-corrected chi connectivity index (χ1v) is 10.2. The second-order valence-electron chi connectivity index (χ2n) is 7.55. The van der Waals surface area contributed by atoms with Gasteiger partial charge in [-0.15, -0.1) is 0 Å². The highest BCUT2D eigenvalue weighted by Gasteiger charge is 2.13. The lowest BCUT2D eigenvalue weighted by molar-refractivity contribution is 0.0952. The van der Waals surface area contributed by atoms with Gasteiger partial charge in [0.2, 0.25) is 0 Å². The van der Waals surface area contributed by atoms with Crippen LogP contribution in [-0.4, -0.2) is 18.0 Å². The average molecular weight is 412 g/mol. The minimum Gasteiger partial charge on any atom is -0.497 e. The van der Waals surface area contributed by atoms with E-state index in [2.05, 4.69) is 36.6 Å². The molecule has 0 unspecified atom stereocenters. The van der Waals surface area contributed by atoms with E-state index < -0.39 is 0 Å². The molecule has 0 fully saturated rings. The summed E-state index contributed by atoms with van der Waals surface area (Å²) in [5.41, 5.74) is 5.66. The summed E-state index contributed by atoms with van der Waals surface area (Å²) in [5, 5.41) is 7.21. The topological polar surface area (TPSA) is 63.2 Å². The van der Waals surface area contributed by atoms with E-state index in [0.29, 0.717) is 17.9 Å². The third-order valence-corrected chi connectivity index (χ3v) is 5.22. The first kappa shape index (κ1) is 20.4. The summed E-state index contributed by atoms with van der Waals surface area (Å²) < 4.78 is 5.19. The van der Waals surface area contributed by atoms with Crippen molar-refractivity contribution in [2.24, 2.45) is 0 Å². The number of aromatic nitrogens is 1. The minimum absolute atomic E-state index is 0.141. The van der Waals surface area contributed by atoms with Crippen LogP contribution in [0.2, 0.25) is 0 Å². The highest BCUT2D eigenvalue weighted by Crippen LogP contribution is 2.25. The predicted molar refractivity (Wildman–Crippen MR) is 125 cm³/mol. The molecule has 156 valence electrons. The van der Waals surface area contributed by atoms with E-state index in [4.69, 9.17) is 9.72 Å². The Kier molecular flexibility index (Phi) is 5.85. The number of ether oxygens (including phenoxy) is 1. The molecule has 1 amide bonds. The van der Waals surface area contributed by atoms with Crippen LogP contribution in [0.5, 0.6) is 5.75 Å². The molecule has 5 heteroatoms. The van der Waals surface area contributed by atoms with Gasteiger partial charge in [0.15, 0.2) is 0 Å². The third-order valence-electron chi connectivity index (χ3n) is 5.22. The lowest BCUT2D eigenvalue weighted by Gasteiger charge is -2.13. The van der Waals surface area contributed by atoms with Crippen molar-refractivity contribution in [3.8, 4) is 5.75 Å². The molecule has 0 bridgehead atoms. The molecule has 1 aromatic heterocycles. The summed E-state index contributed by atoms with van der Waals surface area (Å²) in [6.45, 7) is 4.55. The van der Waals surface area contributed by atoms with E-state index in [1.54, 1.807) is 7.11 Å². The van der Waals surface area contributed by atoms with E-state index in [9.17, 15) is 4.79 Å². The molecule has 0 radical (unpaired) electrons. The second-order valence-corrected chi connectivity index (χ2v) is 7.55. The van der Waals surface area contributed by atoms with Crippen LogP contribution in [0.15, 0.2) is 72.8 Å². The molecule has 0 saturated heterocycles. The Hall–Kier alpha value is -3.86. The van der Waals surface area contributed by atoms with Gasteiger partial charge in [-0.3, -0.25) is 4.79 Å². The Morgan fingerprint density at radius 1 is 0.968 bits per heavy atom. The highest BCUT2D eigenvalue weighted by molar-refractivity contribution is 6.07. The molecule has 0 atom stereocenters. The van der Waals surface area contributed by atoms with Crippen LogP contribution in [-0.2, 0) is 6.54 Å². The molecular formula is C26H25N3O2.